The Morgan fingerprint density at radius 3 is 1.12 bits per heavy atom. The maximum absolute atomic E-state index is 3.30. The summed E-state index contributed by atoms with van der Waals surface area (Å²) in [5, 5.41) is 0. The molecule has 0 atom stereocenters. The van der Waals surface area contributed by atoms with E-state index in [0.717, 1.165) is 12.8 Å². The van der Waals surface area contributed by atoms with Gasteiger partial charge in [-0.05, 0) is 10.8 Å². The molecule has 0 heterocycles. The molecule has 0 aromatic heterocycles. The summed E-state index contributed by atoms with van der Waals surface area (Å²) in [6.45, 7) is 22.3. The van der Waals surface area contributed by atoms with Crippen LogP contribution in [0.1, 0.15) is 68.2 Å². The molecule has 0 aromatic rings. The van der Waals surface area contributed by atoms with Gasteiger partial charge >= 0.3 is 41.9 Å². The molecule has 0 bridgehead atoms. The second-order valence-electron chi connectivity index (χ2n) is 8.91. The van der Waals surface area contributed by atoms with Crippen LogP contribution in [-0.4, -0.2) is 5.43 Å². The van der Waals surface area contributed by atoms with Crippen LogP contribution in [0.25, 0.3) is 0 Å². The zero-order valence-electron chi connectivity index (χ0n) is 17.6. The topological polar surface area (TPSA) is 0 Å². The van der Waals surface area contributed by atoms with Gasteiger partial charge < -0.3 is 0 Å². The van der Waals surface area contributed by atoms with Crippen molar-refractivity contribution in [1.82, 2.24) is 0 Å². The predicted molar refractivity (Wildman–Crippen MR) is 107 cm³/mol. The van der Waals surface area contributed by atoms with Gasteiger partial charge in [0.15, 0.2) is 0 Å². The number of hydrogen-bond acceptors (Lipinski definition) is 0. The van der Waals surface area contributed by atoms with Gasteiger partial charge in [-0.15, -0.1) is 12.8 Å². The molecule has 2 aliphatic rings. The first-order valence-electron chi connectivity index (χ1n) is 8.82. The van der Waals surface area contributed by atoms with Crippen molar-refractivity contribution in [3.8, 4) is 0 Å². The minimum atomic E-state index is 0.210. The Bertz CT molecular complexity index is 508. The van der Waals surface area contributed by atoms with Gasteiger partial charge in [0.05, 0.1) is 0 Å². The molecule has 0 aromatic carbocycles. The van der Waals surface area contributed by atoms with Crippen LogP contribution in [0.4, 0.5) is 0 Å². The molecule has 0 unspecified atom stereocenters. The van der Waals surface area contributed by atoms with Crippen molar-refractivity contribution in [3.63, 3.8) is 0 Å². The average Bonchev–Trinajstić information content (AvgIpc) is 2.96. The SMILES string of the molecule is CC1=[C-]CC(C(C)(C)C)=C1.CC1=[C-]CC(C(C)(C)C)=C1.C[Si](C)=[Zr+2]. The maximum atomic E-state index is 3.30. The van der Waals surface area contributed by atoms with Gasteiger partial charge in [-0.1, -0.05) is 55.4 Å². The fraction of sp³-hybridized carbons (Fsp3) is 0.636. The van der Waals surface area contributed by atoms with E-state index in [1.165, 1.54) is 22.3 Å². The van der Waals surface area contributed by atoms with Gasteiger partial charge in [0.25, 0.3) is 0 Å². The molecular formula is C22H36SiZr. The van der Waals surface area contributed by atoms with Crippen molar-refractivity contribution >= 4 is 5.43 Å². The van der Waals surface area contributed by atoms with E-state index >= 15 is 0 Å². The van der Waals surface area contributed by atoms with Crippen LogP contribution in [-0.2, 0) is 23.3 Å². The summed E-state index contributed by atoms with van der Waals surface area (Å²) < 4.78 is 0. The van der Waals surface area contributed by atoms with E-state index in [1.54, 1.807) is 23.3 Å². The van der Waals surface area contributed by atoms with E-state index in [1.807, 2.05) is 0 Å². The van der Waals surface area contributed by atoms with Gasteiger partial charge in [0.2, 0.25) is 0 Å². The van der Waals surface area contributed by atoms with E-state index < -0.39 is 0 Å². The first-order valence-corrected chi connectivity index (χ1v) is 15.0. The molecule has 0 radical (unpaired) electrons. The monoisotopic (exact) mass is 418 g/mol. The van der Waals surface area contributed by atoms with Gasteiger partial charge in [-0.2, -0.15) is 11.1 Å². The fourth-order valence-corrected chi connectivity index (χ4v) is 2.16. The normalized spacial score (nSPS) is 16.8. The molecular weight excluding hydrogens is 384 g/mol. The molecule has 132 valence electrons. The molecule has 2 rings (SSSR count). The van der Waals surface area contributed by atoms with Crippen molar-refractivity contribution in [2.24, 2.45) is 10.8 Å². The van der Waals surface area contributed by atoms with Crippen molar-refractivity contribution in [2.75, 3.05) is 0 Å². The van der Waals surface area contributed by atoms with Gasteiger partial charge in [0, 0.05) is 0 Å². The number of hydrogen-bond donors (Lipinski definition) is 0. The predicted octanol–water partition coefficient (Wildman–Crippen LogP) is 7.01. The van der Waals surface area contributed by atoms with Crippen LogP contribution in [0.15, 0.2) is 34.4 Å². The summed E-state index contributed by atoms with van der Waals surface area (Å²) >= 11 is 1.74. The summed E-state index contributed by atoms with van der Waals surface area (Å²) in [7, 11) is 0. The Kier molecular flexibility index (Phi) is 10.3. The van der Waals surface area contributed by atoms with Crippen LogP contribution in [0.3, 0.4) is 0 Å². The zero-order valence-corrected chi connectivity index (χ0v) is 21.0. The molecule has 0 amide bonds. The summed E-state index contributed by atoms with van der Waals surface area (Å²) in [6, 6.07) is 0. The van der Waals surface area contributed by atoms with E-state index in [0.29, 0.717) is 10.8 Å². The van der Waals surface area contributed by atoms with E-state index in [2.05, 4.69) is 92.8 Å². The van der Waals surface area contributed by atoms with Crippen molar-refractivity contribution in [1.29, 1.82) is 0 Å². The number of rotatable bonds is 0. The Morgan fingerprint density at radius 2 is 1.04 bits per heavy atom. The Labute approximate surface area is 167 Å². The molecule has 0 saturated heterocycles. The zero-order chi connectivity index (χ0) is 19.1. The Morgan fingerprint density at radius 1 is 0.792 bits per heavy atom. The van der Waals surface area contributed by atoms with Crippen molar-refractivity contribution < 1.29 is 23.3 Å². The standard InChI is InChI=1S/2C10H15.C2H6Si.Zr/c2*1-8-5-6-9(7-8)10(2,3)4;1-3-2;/h2*7H,6H2,1-4H3;1-2H3;/q2*-1;;+2. The van der Waals surface area contributed by atoms with Crippen LogP contribution >= 0.6 is 0 Å². The molecule has 0 N–H and O–H groups in total. The van der Waals surface area contributed by atoms with Crippen LogP contribution in [0, 0.1) is 23.0 Å². The number of allylic oxidation sites excluding steroid dienone is 8. The molecule has 2 aliphatic carbocycles. The van der Waals surface area contributed by atoms with Crippen molar-refractivity contribution in [2.45, 2.75) is 81.3 Å². The third kappa shape index (κ3) is 10.8. The summed E-state index contributed by atoms with van der Waals surface area (Å²) in [4.78, 5) is 0. The van der Waals surface area contributed by atoms with E-state index in [4.69, 9.17) is 0 Å². The quantitative estimate of drug-likeness (QED) is 0.292. The summed E-state index contributed by atoms with van der Waals surface area (Å²) in [6.07, 6.45) is 13.2. The third-order valence-corrected chi connectivity index (χ3v) is 3.82. The molecule has 0 nitrogen and oxygen atoms in total. The van der Waals surface area contributed by atoms with Gasteiger partial charge in [-0.3, -0.25) is 12.2 Å². The van der Waals surface area contributed by atoms with Crippen LogP contribution in [0.5, 0.6) is 0 Å². The third-order valence-electron chi connectivity index (χ3n) is 3.82. The van der Waals surface area contributed by atoms with E-state index in [9.17, 15) is 0 Å². The summed E-state index contributed by atoms with van der Waals surface area (Å²) in [5.41, 5.74) is 6.49. The van der Waals surface area contributed by atoms with Gasteiger partial charge in [0.1, 0.15) is 0 Å². The Hall–Kier alpha value is 0.0600. The first-order chi connectivity index (χ1) is 10.7. The molecule has 0 aliphatic heterocycles. The minimum absolute atomic E-state index is 0.210. The molecule has 2 heteroatoms. The Balaban J connectivity index is 0.000000363. The van der Waals surface area contributed by atoms with Gasteiger partial charge in [-0.25, -0.2) is 23.3 Å². The fourth-order valence-electron chi connectivity index (χ4n) is 2.16. The van der Waals surface area contributed by atoms with Crippen LogP contribution < -0.4 is 0 Å². The molecule has 24 heavy (non-hydrogen) atoms. The average molecular weight is 420 g/mol. The van der Waals surface area contributed by atoms with Crippen LogP contribution in [0.2, 0.25) is 13.1 Å². The molecule has 0 fully saturated rings. The second-order valence-corrected chi connectivity index (χ2v) is 18.3. The second kappa shape index (κ2) is 10.3. The van der Waals surface area contributed by atoms with Crippen molar-refractivity contribution in [3.05, 3.63) is 46.6 Å². The molecule has 0 saturated carbocycles. The summed E-state index contributed by atoms with van der Waals surface area (Å²) in [5.74, 6) is 0. The molecule has 0 spiro atoms. The first kappa shape index (κ1) is 24.1. The van der Waals surface area contributed by atoms with E-state index in [-0.39, 0.29) is 5.43 Å².